The number of hydrogen-bond donors (Lipinski definition) is 2. The third kappa shape index (κ3) is 5.24. The Kier molecular flexibility index (Phi) is 6.79. The van der Waals surface area contributed by atoms with Crippen molar-refractivity contribution in [2.45, 2.75) is 46.5 Å². The van der Waals surface area contributed by atoms with Crippen LogP contribution in [0, 0.1) is 0 Å². The fourth-order valence-electron chi connectivity index (χ4n) is 2.30. The Morgan fingerprint density at radius 1 is 1.23 bits per heavy atom. The van der Waals surface area contributed by atoms with E-state index in [1.165, 1.54) is 0 Å². The zero-order valence-corrected chi connectivity index (χ0v) is 14.8. The van der Waals surface area contributed by atoms with E-state index < -0.39 is 19.7 Å². The molecular formula is C16H26NO4P. The lowest BCUT2D eigenvalue weighted by molar-refractivity contribution is -0.114. The van der Waals surface area contributed by atoms with Gasteiger partial charge < -0.3 is 14.7 Å². The Labute approximate surface area is 132 Å². The van der Waals surface area contributed by atoms with Crippen molar-refractivity contribution in [3.05, 3.63) is 29.3 Å². The molecular weight excluding hydrogens is 301 g/mol. The van der Waals surface area contributed by atoms with Crippen LogP contribution in [-0.2, 0) is 13.9 Å². The summed E-state index contributed by atoms with van der Waals surface area (Å²) >= 11 is 0. The summed E-state index contributed by atoms with van der Waals surface area (Å²) in [4.78, 5) is 21.7. The second-order valence-corrected chi connectivity index (χ2v) is 7.73. The quantitative estimate of drug-likeness (QED) is 0.740. The molecule has 6 heteroatoms. The van der Waals surface area contributed by atoms with Crippen LogP contribution in [-0.4, -0.2) is 23.6 Å². The number of carbonyl (C=O) groups is 1. The molecule has 0 aliphatic heterocycles. The molecule has 124 valence electrons. The van der Waals surface area contributed by atoms with E-state index in [0.29, 0.717) is 0 Å². The van der Waals surface area contributed by atoms with E-state index in [0.717, 1.165) is 16.8 Å². The Hall–Kier alpha value is -1.16. The second kappa shape index (κ2) is 7.91. The smallest absolute Gasteiger partial charge is 0.325 e. The lowest BCUT2D eigenvalue weighted by atomic mass is 9.92. The Morgan fingerprint density at radius 3 is 2.14 bits per heavy atom. The van der Waals surface area contributed by atoms with Gasteiger partial charge in [-0.3, -0.25) is 9.36 Å². The summed E-state index contributed by atoms with van der Waals surface area (Å²) in [5.41, 5.74) is 2.78. The molecule has 1 rings (SSSR count). The first-order valence-corrected chi connectivity index (χ1v) is 9.33. The normalized spacial score (nSPS) is 14.2. The van der Waals surface area contributed by atoms with E-state index >= 15 is 0 Å². The number of rotatable bonds is 7. The van der Waals surface area contributed by atoms with Gasteiger partial charge in [0.25, 0.3) is 0 Å². The second-order valence-electron chi connectivity index (χ2n) is 5.88. The van der Waals surface area contributed by atoms with Gasteiger partial charge >= 0.3 is 7.60 Å². The van der Waals surface area contributed by atoms with Gasteiger partial charge in [-0.1, -0.05) is 45.9 Å². The molecule has 1 atom stereocenters. The zero-order chi connectivity index (χ0) is 16.9. The van der Waals surface area contributed by atoms with E-state index in [-0.39, 0.29) is 18.4 Å². The first kappa shape index (κ1) is 18.9. The average Bonchev–Trinajstić information content (AvgIpc) is 2.37. The molecule has 1 unspecified atom stereocenters. The topological polar surface area (TPSA) is 75.6 Å². The van der Waals surface area contributed by atoms with Crippen molar-refractivity contribution in [2.24, 2.45) is 0 Å². The molecule has 5 nitrogen and oxygen atoms in total. The molecule has 0 aliphatic carbocycles. The van der Waals surface area contributed by atoms with Gasteiger partial charge in [-0.15, -0.1) is 0 Å². The summed E-state index contributed by atoms with van der Waals surface area (Å²) in [6.07, 6.45) is -0.537. The highest BCUT2D eigenvalue weighted by Crippen LogP contribution is 2.41. The number of para-hydroxylation sites is 1. The van der Waals surface area contributed by atoms with Gasteiger partial charge in [0.15, 0.2) is 0 Å². The molecule has 1 amide bonds. The van der Waals surface area contributed by atoms with E-state index in [1.807, 2.05) is 45.9 Å². The summed E-state index contributed by atoms with van der Waals surface area (Å²) in [5, 5.41) is 2.81. The van der Waals surface area contributed by atoms with Crippen LogP contribution < -0.4 is 5.32 Å². The molecule has 0 aromatic heterocycles. The maximum atomic E-state index is 12.1. The minimum absolute atomic E-state index is 0.0981. The average molecular weight is 327 g/mol. The minimum atomic E-state index is -3.88. The first-order chi connectivity index (χ1) is 10.2. The number of benzene rings is 1. The monoisotopic (exact) mass is 327 g/mol. The molecule has 1 aromatic carbocycles. The van der Waals surface area contributed by atoms with Crippen molar-refractivity contribution in [3.8, 4) is 0 Å². The molecule has 0 radical (unpaired) electrons. The van der Waals surface area contributed by atoms with E-state index in [9.17, 15) is 14.3 Å². The van der Waals surface area contributed by atoms with Crippen LogP contribution in [0.25, 0.3) is 0 Å². The maximum absolute atomic E-state index is 12.1. The highest BCUT2D eigenvalue weighted by Gasteiger charge is 2.25. The predicted octanol–water partition coefficient (Wildman–Crippen LogP) is 4.09. The van der Waals surface area contributed by atoms with Crippen molar-refractivity contribution in [1.82, 2.24) is 0 Å². The van der Waals surface area contributed by atoms with Gasteiger partial charge in [-0.25, -0.2) is 0 Å². The predicted molar refractivity (Wildman–Crippen MR) is 89.6 cm³/mol. The fraction of sp³-hybridized carbons (Fsp3) is 0.562. The molecule has 0 saturated carbocycles. The highest BCUT2D eigenvalue weighted by atomic mass is 31.2. The SMILES string of the molecule is CCOP(=O)(O)CC(=O)Nc1c(C(C)C)cccc1C(C)C. The maximum Gasteiger partial charge on any atom is 0.337 e. The first-order valence-electron chi connectivity index (χ1n) is 7.57. The van der Waals surface area contributed by atoms with Crippen LogP contribution >= 0.6 is 7.60 Å². The van der Waals surface area contributed by atoms with Gasteiger partial charge in [0.1, 0.15) is 6.16 Å². The van der Waals surface area contributed by atoms with E-state index in [1.54, 1.807) is 6.92 Å². The zero-order valence-electron chi connectivity index (χ0n) is 13.9. The molecule has 0 aliphatic rings. The summed E-state index contributed by atoms with van der Waals surface area (Å²) in [5.74, 6) is -0.0297. The third-order valence-electron chi connectivity index (χ3n) is 3.31. The van der Waals surface area contributed by atoms with Gasteiger partial charge in [0, 0.05) is 5.69 Å². The summed E-state index contributed by atoms with van der Waals surface area (Å²) in [7, 11) is -3.88. The minimum Gasteiger partial charge on any atom is -0.325 e. The van der Waals surface area contributed by atoms with Crippen LogP contribution in [0.2, 0.25) is 0 Å². The van der Waals surface area contributed by atoms with Gasteiger partial charge in [0.05, 0.1) is 6.61 Å². The van der Waals surface area contributed by atoms with Gasteiger partial charge in [-0.05, 0) is 29.9 Å². The van der Waals surface area contributed by atoms with E-state index in [2.05, 4.69) is 5.32 Å². The van der Waals surface area contributed by atoms with Crippen molar-refractivity contribution < 1.29 is 18.8 Å². The van der Waals surface area contributed by atoms with Crippen LogP contribution in [0.5, 0.6) is 0 Å². The Morgan fingerprint density at radius 2 is 1.73 bits per heavy atom. The lowest BCUT2D eigenvalue weighted by Crippen LogP contribution is -2.19. The fourth-order valence-corrected chi connectivity index (χ4v) is 3.24. The summed E-state index contributed by atoms with van der Waals surface area (Å²) in [6.45, 7) is 9.91. The molecule has 0 heterocycles. The van der Waals surface area contributed by atoms with Gasteiger partial charge in [0.2, 0.25) is 5.91 Å². The third-order valence-corrected chi connectivity index (χ3v) is 4.66. The molecule has 0 saturated heterocycles. The number of nitrogens with one attached hydrogen (secondary N) is 1. The summed E-state index contributed by atoms with van der Waals surface area (Å²) < 4.78 is 16.5. The molecule has 1 aromatic rings. The number of carbonyl (C=O) groups excluding carboxylic acids is 1. The number of anilines is 1. The van der Waals surface area contributed by atoms with Crippen LogP contribution in [0.1, 0.15) is 57.6 Å². The van der Waals surface area contributed by atoms with Crippen molar-refractivity contribution in [2.75, 3.05) is 18.1 Å². The standard InChI is InChI=1S/C16H26NO4P/c1-6-21-22(19,20)10-15(18)17-16-13(11(2)3)8-7-9-14(16)12(4)5/h7-9,11-12H,6,10H2,1-5H3,(H,17,18)(H,19,20). The molecule has 0 spiro atoms. The highest BCUT2D eigenvalue weighted by molar-refractivity contribution is 7.53. The van der Waals surface area contributed by atoms with Crippen LogP contribution in [0.3, 0.4) is 0 Å². The lowest BCUT2D eigenvalue weighted by Gasteiger charge is -2.20. The van der Waals surface area contributed by atoms with Crippen molar-refractivity contribution in [1.29, 1.82) is 0 Å². The van der Waals surface area contributed by atoms with Crippen molar-refractivity contribution >= 4 is 19.2 Å². The number of amides is 1. The molecule has 0 bridgehead atoms. The van der Waals surface area contributed by atoms with Gasteiger partial charge in [-0.2, -0.15) is 0 Å². The Balaban J connectivity index is 3.05. The Bertz CT molecular complexity index is 543. The van der Waals surface area contributed by atoms with Crippen LogP contribution in [0.15, 0.2) is 18.2 Å². The van der Waals surface area contributed by atoms with Crippen molar-refractivity contribution in [3.63, 3.8) is 0 Å². The van der Waals surface area contributed by atoms with Crippen LogP contribution in [0.4, 0.5) is 5.69 Å². The summed E-state index contributed by atoms with van der Waals surface area (Å²) in [6, 6.07) is 5.90. The molecule has 2 N–H and O–H groups in total. The number of hydrogen-bond acceptors (Lipinski definition) is 3. The largest absolute Gasteiger partial charge is 0.337 e. The molecule has 22 heavy (non-hydrogen) atoms. The van der Waals surface area contributed by atoms with E-state index in [4.69, 9.17) is 4.52 Å². The molecule has 0 fully saturated rings.